The van der Waals surface area contributed by atoms with Crippen LogP contribution >= 0.6 is 0 Å². The van der Waals surface area contributed by atoms with Crippen molar-refractivity contribution < 1.29 is 9.32 Å². The molecule has 1 amide bonds. The van der Waals surface area contributed by atoms with Crippen LogP contribution in [0.1, 0.15) is 45.0 Å². The second-order valence-corrected chi connectivity index (χ2v) is 10.3. The molecule has 10 nitrogen and oxygen atoms in total. The monoisotopic (exact) mass is 500 g/mol. The number of hydrogen-bond acceptors (Lipinski definition) is 8. The maximum absolute atomic E-state index is 12.0. The molecule has 192 valence electrons. The number of hydrogen-bond donors (Lipinski definition) is 1. The highest BCUT2D eigenvalue weighted by atomic mass is 16.5. The smallest absolute Gasteiger partial charge is 0.261 e. The molecule has 0 saturated heterocycles. The molecule has 1 fully saturated rings. The van der Waals surface area contributed by atoms with Crippen molar-refractivity contribution in [3.8, 4) is 22.6 Å². The molecule has 1 saturated carbocycles. The zero-order chi connectivity index (χ0) is 26.2. The molecule has 0 spiro atoms. The van der Waals surface area contributed by atoms with Gasteiger partial charge in [-0.05, 0) is 50.7 Å². The molecule has 4 aromatic rings. The molecular weight excluding hydrogens is 468 g/mol. The van der Waals surface area contributed by atoms with Gasteiger partial charge in [0.25, 0.3) is 5.89 Å². The number of nitrogens with zero attached hydrogens (tertiary/aromatic N) is 7. The van der Waals surface area contributed by atoms with E-state index in [2.05, 4.69) is 70.6 Å². The molecule has 1 N–H and O–H groups in total. The molecule has 0 radical (unpaired) electrons. The molecule has 37 heavy (non-hydrogen) atoms. The third-order valence-corrected chi connectivity index (χ3v) is 6.85. The SMILES string of the molecule is CC(C)Nc1ncc(-c2ccc([C@](C)(c3noc(-c4cnn(CC(=O)N(C)C)c4)n3)C3CC3)cc2)cn1. The molecule has 1 aliphatic carbocycles. The zero-order valence-corrected chi connectivity index (χ0v) is 21.8. The third-order valence-electron chi connectivity index (χ3n) is 6.85. The molecule has 3 aromatic heterocycles. The van der Waals surface area contributed by atoms with Crippen LogP contribution in [0, 0.1) is 5.92 Å². The topological polar surface area (TPSA) is 115 Å². The van der Waals surface area contributed by atoms with Crippen LogP contribution in [0.3, 0.4) is 0 Å². The van der Waals surface area contributed by atoms with E-state index in [-0.39, 0.29) is 23.9 Å². The first-order valence-electron chi connectivity index (χ1n) is 12.5. The summed E-state index contributed by atoms with van der Waals surface area (Å²) in [5.74, 6) is 2.07. The van der Waals surface area contributed by atoms with Gasteiger partial charge in [0.05, 0.1) is 17.2 Å². The largest absolute Gasteiger partial charge is 0.352 e. The fourth-order valence-corrected chi connectivity index (χ4v) is 4.42. The molecule has 5 rings (SSSR count). The van der Waals surface area contributed by atoms with E-state index < -0.39 is 0 Å². The lowest BCUT2D eigenvalue weighted by atomic mass is 9.77. The van der Waals surface area contributed by atoms with Crippen LogP contribution in [0.25, 0.3) is 22.6 Å². The predicted molar refractivity (Wildman–Crippen MR) is 140 cm³/mol. The summed E-state index contributed by atoms with van der Waals surface area (Å²) in [5.41, 5.74) is 3.46. The lowest BCUT2D eigenvalue weighted by Crippen LogP contribution is -2.28. The maximum atomic E-state index is 12.0. The van der Waals surface area contributed by atoms with Crippen molar-refractivity contribution in [2.45, 2.75) is 51.6 Å². The van der Waals surface area contributed by atoms with E-state index in [1.165, 1.54) is 4.90 Å². The minimum atomic E-state index is -0.376. The molecule has 0 aliphatic heterocycles. The van der Waals surface area contributed by atoms with E-state index >= 15 is 0 Å². The number of amides is 1. The summed E-state index contributed by atoms with van der Waals surface area (Å²) in [6, 6.07) is 8.73. The number of benzene rings is 1. The van der Waals surface area contributed by atoms with E-state index in [0.717, 1.165) is 29.5 Å². The van der Waals surface area contributed by atoms with Gasteiger partial charge in [0, 0.05) is 44.3 Å². The first-order chi connectivity index (χ1) is 17.7. The fraction of sp³-hybridized carbons (Fsp3) is 0.407. The molecule has 3 heterocycles. The number of aromatic nitrogens is 6. The second-order valence-electron chi connectivity index (χ2n) is 10.3. The van der Waals surface area contributed by atoms with Crippen LogP contribution in [0.15, 0.2) is 53.6 Å². The molecule has 0 bridgehead atoms. The van der Waals surface area contributed by atoms with Crippen LogP contribution in [0.2, 0.25) is 0 Å². The summed E-state index contributed by atoms with van der Waals surface area (Å²) in [6.45, 7) is 6.45. The van der Waals surface area contributed by atoms with Gasteiger partial charge in [0.15, 0.2) is 5.82 Å². The summed E-state index contributed by atoms with van der Waals surface area (Å²) < 4.78 is 7.24. The van der Waals surface area contributed by atoms with E-state index in [0.29, 0.717) is 29.1 Å². The Labute approximate surface area is 216 Å². The number of anilines is 1. The Morgan fingerprint density at radius 3 is 2.43 bits per heavy atom. The summed E-state index contributed by atoms with van der Waals surface area (Å²) in [7, 11) is 3.44. The highest BCUT2D eigenvalue weighted by molar-refractivity contribution is 5.75. The van der Waals surface area contributed by atoms with Crippen molar-refractivity contribution in [2.24, 2.45) is 5.92 Å². The fourth-order valence-electron chi connectivity index (χ4n) is 4.42. The molecule has 10 heteroatoms. The van der Waals surface area contributed by atoms with E-state index in [1.54, 1.807) is 31.2 Å². The predicted octanol–water partition coefficient (Wildman–Crippen LogP) is 4.01. The van der Waals surface area contributed by atoms with Crippen molar-refractivity contribution in [2.75, 3.05) is 19.4 Å². The Kier molecular flexibility index (Phi) is 6.49. The summed E-state index contributed by atoms with van der Waals surface area (Å²) in [6.07, 6.45) is 9.31. The van der Waals surface area contributed by atoms with Crippen molar-refractivity contribution in [3.63, 3.8) is 0 Å². The van der Waals surface area contributed by atoms with E-state index in [1.807, 2.05) is 12.4 Å². The van der Waals surface area contributed by atoms with Gasteiger partial charge in [-0.2, -0.15) is 10.1 Å². The van der Waals surface area contributed by atoms with Crippen molar-refractivity contribution in [1.29, 1.82) is 0 Å². The summed E-state index contributed by atoms with van der Waals surface area (Å²) in [5, 5.41) is 11.9. The van der Waals surface area contributed by atoms with Gasteiger partial charge in [-0.1, -0.05) is 29.4 Å². The van der Waals surface area contributed by atoms with Gasteiger partial charge in [-0.3, -0.25) is 9.48 Å². The summed E-state index contributed by atoms with van der Waals surface area (Å²) >= 11 is 0. The van der Waals surface area contributed by atoms with E-state index in [4.69, 9.17) is 9.51 Å². The minimum Gasteiger partial charge on any atom is -0.352 e. The van der Waals surface area contributed by atoms with Gasteiger partial charge in [-0.15, -0.1) is 0 Å². The molecule has 0 unspecified atom stereocenters. The molecule has 1 aromatic carbocycles. The van der Waals surface area contributed by atoms with Crippen molar-refractivity contribution in [3.05, 3.63) is 60.4 Å². The van der Waals surface area contributed by atoms with Crippen molar-refractivity contribution >= 4 is 11.9 Å². The van der Waals surface area contributed by atoms with Crippen LogP contribution in [-0.4, -0.2) is 60.8 Å². The summed E-state index contributed by atoms with van der Waals surface area (Å²) in [4.78, 5) is 27.2. The third kappa shape index (κ3) is 5.09. The average Bonchev–Trinajstić information content (AvgIpc) is 3.44. The Morgan fingerprint density at radius 1 is 1.11 bits per heavy atom. The van der Waals surface area contributed by atoms with Gasteiger partial charge in [0.2, 0.25) is 11.9 Å². The Balaban J connectivity index is 1.37. The van der Waals surface area contributed by atoms with Crippen LogP contribution in [-0.2, 0) is 16.8 Å². The van der Waals surface area contributed by atoms with Crippen LogP contribution in [0.4, 0.5) is 5.95 Å². The number of carbonyl (C=O) groups excluding carboxylic acids is 1. The molecule has 1 atom stereocenters. The number of nitrogens with one attached hydrogen (secondary N) is 1. The highest BCUT2D eigenvalue weighted by Gasteiger charge is 2.47. The van der Waals surface area contributed by atoms with Gasteiger partial charge >= 0.3 is 0 Å². The Hall–Kier alpha value is -4.08. The maximum Gasteiger partial charge on any atom is 0.261 e. The Bertz CT molecular complexity index is 1370. The molecular formula is C27H32N8O2. The second kappa shape index (κ2) is 9.76. The van der Waals surface area contributed by atoms with E-state index in [9.17, 15) is 4.79 Å². The van der Waals surface area contributed by atoms with Crippen LogP contribution < -0.4 is 5.32 Å². The first-order valence-corrected chi connectivity index (χ1v) is 12.5. The number of rotatable bonds is 9. The van der Waals surface area contributed by atoms with Crippen LogP contribution in [0.5, 0.6) is 0 Å². The lowest BCUT2D eigenvalue weighted by Gasteiger charge is -2.27. The lowest BCUT2D eigenvalue weighted by molar-refractivity contribution is -0.129. The first kappa shape index (κ1) is 24.6. The minimum absolute atomic E-state index is 0.0413. The quantitative estimate of drug-likeness (QED) is 0.367. The average molecular weight is 501 g/mol. The zero-order valence-electron chi connectivity index (χ0n) is 21.8. The Morgan fingerprint density at radius 2 is 1.81 bits per heavy atom. The normalized spacial score (nSPS) is 15.0. The standard InChI is InChI=1S/C27H32N8O2/c1-17(2)31-26-28-12-19(13-29-26)18-6-8-21(9-7-18)27(3,22-10-11-22)25-32-24(37-33-25)20-14-30-35(15-20)16-23(36)34(4)5/h6-9,12-15,17,22H,10-11,16H2,1-5H3,(H,28,29,31)/t27-/m0/s1. The van der Waals surface area contributed by atoms with Gasteiger partial charge in [-0.25, -0.2) is 9.97 Å². The number of likely N-dealkylation sites (N-methyl/N-ethyl adjacent to an activating group) is 1. The molecule has 1 aliphatic rings. The van der Waals surface area contributed by atoms with Gasteiger partial charge in [0.1, 0.15) is 6.54 Å². The highest BCUT2D eigenvalue weighted by Crippen LogP contribution is 2.50. The van der Waals surface area contributed by atoms with Gasteiger partial charge < -0.3 is 14.7 Å². The number of carbonyl (C=O) groups is 1. The van der Waals surface area contributed by atoms with Crippen molar-refractivity contribution in [1.82, 2.24) is 34.8 Å².